The molecule has 2 fully saturated rings. The number of hydrogen-bond donors (Lipinski definition) is 1. The maximum absolute atomic E-state index is 12.5. The molecule has 156 valence electrons. The number of benzene rings is 1. The zero-order valence-electron chi connectivity index (χ0n) is 17.0. The van der Waals surface area contributed by atoms with Crippen molar-refractivity contribution in [2.24, 2.45) is 0 Å². The Bertz CT molecular complexity index is 1020. The van der Waals surface area contributed by atoms with E-state index in [-0.39, 0.29) is 24.0 Å². The molecule has 0 aliphatic carbocycles. The first-order chi connectivity index (χ1) is 14.5. The van der Waals surface area contributed by atoms with Crippen LogP contribution < -0.4 is 20.5 Å². The topological polar surface area (TPSA) is 79.0 Å². The average molecular weight is 407 g/mol. The molecular weight excluding hydrogens is 382 g/mol. The molecule has 7 nitrogen and oxygen atoms in total. The predicted molar refractivity (Wildman–Crippen MR) is 116 cm³/mol. The fraction of sp³-hybridized carbons (Fsp3) is 0.348. The van der Waals surface area contributed by atoms with Crippen LogP contribution in [0.15, 0.2) is 53.3 Å². The molecule has 0 aromatic heterocycles. The molecule has 1 atom stereocenters. The third-order valence-electron chi connectivity index (χ3n) is 5.48. The molecule has 2 aliphatic heterocycles. The third kappa shape index (κ3) is 4.30. The van der Waals surface area contributed by atoms with Gasteiger partial charge >= 0.3 is 6.09 Å². The van der Waals surface area contributed by atoms with Crippen molar-refractivity contribution in [2.75, 3.05) is 36.0 Å². The lowest BCUT2D eigenvalue weighted by Crippen LogP contribution is -2.33. The molecule has 2 aromatic rings. The lowest BCUT2D eigenvalue weighted by Gasteiger charge is -2.15. The van der Waals surface area contributed by atoms with Gasteiger partial charge in [-0.2, -0.15) is 0 Å². The Labute approximate surface area is 175 Å². The van der Waals surface area contributed by atoms with E-state index in [1.807, 2.05) is 42.5 Å². The third-order valence-corrected chi connectivity index (χ3v) is 5.48. The van der Waals surface area contributed by atoms with E-state index < -0.39 is 6.09 Å². The van der Waals surface area contributed by atoms with Gasteiger partial charge in [-0.05, 0) is 48.2 Å². The van der Waals surface area contributed by atoms with Gasteiger partial charge in [-0.15, -0.1) is 0 Å². The first-order valence-corrected chi connectivity index (χ1v) is 10.2. The SMILES string of the molecule is CC(=O)NCC1CN(c2cccc(-c3ccc(N4CCCC4)c(=O)cc3)c2)C(=O)O1. The van der Waals surface area contributed by atoms with Crippen LogP contribution in [0.2, 0.25) is 0 Å². The van der Waals surface area contributed by atoms with Crippen molar-refractivity contribution in [1.82, 2.24) is 5.32 Å². The maximum Gasteiger partial charge on any atom is 0.414 e. The molecule has 0 saturated carbocycles. The van der Waals surface area contributed by atoms with Gasteiger partial charge in [0.1, 0.15) is 6.10 Å². The average Bonchev–Trinajstić information content (AvgIpc) is 3.34. The fourth-order valence-corrected chi connectivity index (χ4v) is 3.92. The van der Waals surface area contributed by atoms with Gasteiger partial charge in [-0.3, -0.25) is 14.5 Å². The molecule has 1 unspecified atom stereocenters. The van der Waals surface area contributed by atoms with Gasteiger partial charge in [-0.1, -0.05) is 24.3 Å². The summed E-state index contributed by atoms with van der Waals surface area (Å²) in [6.45, 7) is 3.92. The zero-order chi connectivity index (χ0) is 21.1. The summed E-state index contributed by atoms with van der Waals surface area (Å²) < 4.78 is 5.35. The second-order valence-electron chi connectivity index (χ2n) is 7.67. The molecule has 30 heavy (non-hydrogen) atoms. The highest BCUT2D eigenvalue weighted by molar-refractivity contribution is 5.90. The Hall–Kier alpha value is -3.35. The van der Waals surface area contributed by atoms with Crippen LogP contribution in [0.5, 0.6) is 0 Å². The number of nitrogens with one attached hydrogen (secondary N) is 1. The van der Waals surface area contributed by atoms with E-state index in [1.165, 1.54) is 6.92 Å². The molecular formula is C23H25N3O4. The summed E-state index contributed by atoms with van der Waals surface area (Å²) in [5.41, 5.74) is 3.29. The molecule has 0 bridgehead atoms. The number of ether oxygens (including phenoxy) is 1. The van der Waals surface area contributed by atoms with Crippen molar-refractivity contribution in [1.29, 1.82) is 0 Å². The van der Waals surface area contributed by atoms with Crippen molar-refractivity contribution < 1.29 is 14.3 Å². The van der Waals surface area contributed by atoms with E-state index in [2.05, 4.69) is 10.2 Å². The van der Waals surface area contributed by atoms with Gasteiger partial charge in [0.2, 0.25) is 11.3 Å². The largest absolute Gasteiger partial charge is 0.442 e. The molecule has 1 N–H and O–H groups in total. The molecule has 2 amide bonds. The highest BCUT2D eigenvalue weighted by Crippen LogP contribution is 2.28. The van der Waals surface area contributed by atoms with Gasteiger partial charge in [0, 0.05) is 25.7 Å². The van der Waals surface area contributed by atoms with Crippen LogP contribution in [-0.4, -0.2) is 44.3 Å². The van der Waals surface area contributed by atoms with E-state index in [4.69, 9.17) is 4.74 Å². The molecule has 2 aliphatic rings. The molecule has 4 rings (SSSR count). The van der Waals surface area contributed by atoms with Crippen LogP contribution >= 0.6 is 0 Å². The minimum absolute atomic E-state index is 0.0169. The summed E-state index contributed by atoms with van der Waals surface area (Å²) >= 11 is 0. The number of carbonyl (C=O) groups is 2. The highest BCUT2D eigenvalue weighted by Gasteiger charge is 2.32. The van der Waals surface area contributed by atoms with E-state index in [9.17, 15) is 14.4 Å². The minimum Gasteiger partial charge on any atom is -0.442 e. The summed E-state index contributed by atoms with van der Waals surface area (Å²) in [5, 5.41) is 2.68. The Kier molecular flexibility index (Phi) is 5.70. The molecule has 2 saturated heterocycles. The fourth-order valence-electron chi connectivity index (χ4n) is 3.92. The Morgan fingerprint density at radius 1 is 1.07 bits per heavy atom. The number of hydrogen-bond acceptors (Lipinski definition) is 5. The number of anilines is 2. The quantitative estimate of drug-likeness (QED) is 0.825. The van der Waals surface area contributed by atoms with Gasteiger partial charge in [-0.25, -0.2) is 4.79 Å². The number of amides is 2. The summed E-state index contributed by atoms with van der Waals surface area (Å²) in [7, 11) is 0. The second kappa shape index (κ2) is 8.57. The lowest BCUT2D eigenvalue weighted by atomic mass is 10.1. The second-order valence-corrected chi connectivity index (χ2v) is 7.67. The summed E-state index contributed by atoms with van der Waals surface area (Å²) in [6.07, 6.45) is 1.41. The van der Waals surface area contributed by atoms with E-state index in [0.29, 0.717) is 6.54 Å². The molecule has 7 heteroatoms. The van der Waals surface area contributed by atoms with Gasteiger partial charge < -0.3 is 15.0 Å². The van der Waals surface area contributed by atoms with Crippen molar-refractivity contribution in [3.63, 3.8) is 0 Å². The Morgan fingerprint density at radius 2 is 1.83 bits per heavy atom. The summed E-state index contributed by atoms with van der Waals surface area (Å²) in [4.78, 5) is 39.6. The van der Waals surface area contributed by atoms with Crippen molar-refractivity contribution in [3.05, 3.63) is 58.8 Å². The van der Waals surface area contributed by atoms with Gasteiger partial charge in [0.25, 0.3) is 0 Å². The standard InChI is InChI=1S/C23H25N3O4/c1-16(27)24-14-20-15-26(23(29)30-20)19-6-4-5-18(13-19)17-7-9-21(22(28)10-8-17)25-11-2-3-12-25/h4-10,13,20H,2-3,11-12,14-15H2,1H3,(H,24,27). The number of nitrogens with zero attached hydrogens (tertiary/aromatic N) is 2. The Morgan fingerprint density at radius 3 is 2.60 bits per heavy atom. The van der Waals surface area contributed by atoms with Gasteiger partial charge in [0.05, 0.1) is 18.8 Å². The highest BCUT2D eigenvalue weighted by atomic mass is 16.6. The van der Waals surface area contributed by atoms with Crippen LogP contribution in [0.25, 0.3) is 11.1 Å². The minimum atomic E-state index is -0.431. The van der Waals surface area contributed by atoms with E-state index in [0.717, 1.165) is 48.4 Å². The van der Waals surface area contributed by atoms with Crippen molar-refractivity contribution >= 4 is 23.4 Å². The smallest absolute Gasteiger partial charge is 0.414 e. The number of carbonyl (C=O) groups excluding carboxylic acids is 2. The summed E-state index contributed by atoms with van der Waals surface area (Å²) in [5.74, 6) is -0.158. The number of cyclic esters (lactones) is 1. The van der Waals surface area contributed by atoms with Crippen LogP contribution in [0, 0.1) is 0 Å². The van der Waals surface area contributed by atoms with Crippen molar-refractivity contribution in [2.45, 2.75) is 25.9 Å². The molecule has 0 radical (unpaired) electrons. The van der Waals surface area contributed by atoms with Crippen LogP contribution in [0.1, 0.15) is 19.8 Å². The van der Waals surface area contributed by atoms with E-state index >= 15 is 0 Å². The monoisotopic (exact) mass is 407 g/mol. The summed E-state index contributed by atoms with van der Waals surface area (Å²) in [6, 6.07) is 14.9. The van der Waals surface area contributed by atoms with E-state index in [1.54, 1.807) is 11.0 Å². The van der Waals surface area contributed by atoms with Crippen LogP contribution in [0.4, 0.5) is 16.2 Å². The van der Waals surface area contributed by atoms with Crippen molar-refractivity contribution in [3.8, 4) is 11.1 Å². The Balaban J connectivity index is 1.56. The molecule has 2 aromatic carbocycles. The van der Waals surface area contributed by atoms with Crippen LogP contribution in [0.3, 0.4) is 0 Å². The van der Waals surface area contributed by atoms with Gasteiger partial charge in [0.15, 0.2) is 0 Å². The first-order valence-electron chi connectivity index (χ1n) is 10.2. The molecule has 0 spiro atoms. The number of rotatable bonds is 5. The zero-order valence-corrected chi connectivity index (χ0v) is 17.0. The normalized spacial score (nSPS) is 18.4. The lowest BCUT2D eigenvalue weighted by molar-refractivity contribution is -0.119. The first kappa shape index (κ1) is 19.9. The molecule has 2 heterocycles. The predicted octanol–water partition coefficient (Wildman–Crippen LogP) is 2.78. The maximum atomic E-state index is 12.5. The van der Waals surface area contributed by atoms with Crippen LogP contribution in [-0.2, 0) is 9.53 Å².